The van der Waals surface area contributed by atoms with Gasteiger partial charge in [0.1, 0.15) is 0 Å². The Labute approximate surface area is 138 Å². The molecule has 3 fully saturated rings. The van der Waals surface area contributed by atoms with Gasteiger partial charge in [0.25, 0.3) is 0 Å². The first-order valence-corrected chi connectivity index (χ1v) is 9.43. The van der Waals surface area contributed by atoms with Crippen molar-refractivity contribution >= 4 is 43.5 Å². The maximum atomic E-state index is 6.66. The summed E-state index contributed by atoms with van der Waals surface area (Å²) in [5.74, 6) is 0. The molecule has 0 amide bonds. The van der Waals surface area contributed by atoms with Crippen LogP contribution in [-0.4, -0.2) is 26.2 Å². The van der Waals surface area contributed by atoms with Gasteiger partial charge in [0.05, 0.1) is 16.6 Å². The average Bonchev–Trinajstić information content (AvgIpc) is 2.94. The van der Waals surface area contributed by atoms with Gasteiger partial charge in [0, 0.05) is 15.1 Å². The van der Waals surface area contributed by atoms with Gasteiger partial charge in [0.15, 0.2) is 0 Å². The highest BCUT2D eigenvalue weighted by molar-refractivity contribution is 9.09. The first kappa shape index (κ1) is 15.1. The molecule has 110 valence electrons. The summed E-state index contributed by atoms with van der Waals surface area (Å²) in [5.41, 5.74) is 0.508. The molecule has 19 heavy (non-hydrogen) atoms. The Hall–Kier alpha value is 1.21. The largest absolute Gasteiger partial charge is 0.366 e. The third-order valence-corrected chi connectivity index (χ3v) is 10.1. The van der Waals surface area contributed by atoms with E-state index in [9.17, 15) is 0 Å². The maximum Gasteiger partial charge on any atom is 0.0982 e. The van der Waals surface area contributed by atoms with Crippen LogP contribution in [0.2, 0.25) is 0 Å². The molecular weight excluding hydrogens is 391 g/mol. The van der Waals surface area contributed by atoms with Crippen molar-refractivity contribution in [1.29, 1.82) is 0 Å². The second kappa shape index (κ2) is 4.14. The number of alkyl halides is 3. The fraction of sp³-hybridized carbons (Fsp3) is 1.00. The van der Waals surface area contributed by atoms with Crippen molar-refractivity contribution in [2.45, 2.75) is 79.6 Å². The lowest BCUT2D eigenvalue weighted by molar-refractivity contribution is -0.0547. The zero-order valence-corrected chi connectivity index (χ0v) is 16.0. The van der Waals surface area contributed by atoms with E-state index >= 15 is 0 Å². The summed E-state index contributed by atoms with van der Waals surface area (Å²) in [5, 5.41) is 0. The van der Waals surface area contributed by atoms with Crippen molar-refractivity contribution in [3.63, 3.8) is 0 Å². The lowest BCUT2D eigenvalue weighted by Gasteiger charge is -2.59. The summed E-state index contributed by atoms with van der Waals surface area (Å²) in [6.07, 6.45) is 4.89. The van der Waals surface area contributed by atoms with Crippen LogP contribution >= 0.6 is 43.5 Å². The Kier molecular flexibility index (Phi) is 3.30. The van der Waals surface area contributed by atoms with Crippen molar-refractivity contribution in [1.82, 2.24) is 0 Å². The van der Waals surface area contributed by atoms with Gasteiger partial charge in [-0.1, -0.05) is 45.7 Å². The molecule has 0 aromatic rings. The van der Waals surface area contributed by atoms with Crippen LogP contribution in [0.4, 0.5) is 0 Å². The molecule has 1 nitrogen and oxygen atoms in total. The van der Waals surface area contributed by atoms with Gasteiger partial charge in [0.2, 0.25) is 0 Å². The predicted octanol–water partition coefficient (Wildman–Crippen LogP) is 5.27. The van der Waals surface area contributed by atoms with Crippen molar-refractivity contribution in [2.75, 3.05) is 0 Å². The maximum absolute atomic E-state index is 6.66. The highest BCUT2D eigenvalue weighted by Crippen LogP contribution is 2.72. The highest BCUT2D eigenvalue weighted by Gasteiger charge is 2.75. The number of epoxide rings is 1. The topological polar surface area (TPSA) is 12.5 Å². The molecule has 0 bridgehead atoms. The van der Waals surface area contributed by atoms with Gasteiger partial charge in [-0.3, -0.25) is 0 Å². The molecule has 3 aliphatic rings. The van der Waals surface area contributed by atoms with Crippen molar-refractivity contribution in [3.05, 3.63) is 0 Å². The molecule has 4 heteroatoms. The number of halogens is 3. The molecule has 1 saturated heterocycles. The highest BCUT2D eigenvalue weighted by atomic mass is 79.9. The number of hydrogen-bond acceptors (Lipinski definition) is 1. The second-order valence-corrected chi connectivity index (χ2v) is 10.7. The van der Waals surface area contributed by atoms with Crippen molar-refractivity contribution < 1.29 is 4.74 Å². The average molecular weight is 415 g/mol. The molecule has 2 aliphatic carbocycles. The minimum Gasteiger partial charge on any atom is -0.366 e. The van der Waals surface area contributed by atoms with E-state index in [2.05, 4.69) is 59.6 Å². The minimum atomic E-state index is -0.124. The first-order valence-electron chi connectivity index (χ1n) is 7.22. The summed E-state index contributed by atoms with van der Waals surface area (Å²) >= 11 is 14.5. The van der Waals surface area contributed by atoms with E-state index in [1.165, 1.54) is 0 Å². The molecule has 2 saturated carbocycles. The molecule has 0 aromatic heterocycles. The van der Waals surface area contributed by atoms with Crippen LogP contribution in [0.15, 0.2) is 0 Å². The number of fused-ring (bicyclic) bond motifs is 2. The van der Waals surface area contributed by atoms with Gasteiger partial charge >= 0.3 is 0 Å². The lowest BCUT2D eigenvalue weighted by atomic mass is 9.47. The Bertz CT molecular complexity index is 411. The van der Waals surface area contributed by atoms with Crippen LogP contribution in [0.25, 0.3) is 0 Å². The summed E-state index contributed by atoms with van der Waals surface area (Å²) < 4.78 is 6.19. The van der Waals surface area contributed by atoms with E-state index in [1.54, 1.807) is 0 Å². The van der Waals surface area contributed by atoms with Gasteiger partial charge in [-0.2, -0.15) is 0 Å². The monoisotopic (exact) mass is 412 g/mol. The fourth-order valence-corrected chi connectivity index (χ4v) is 6.38. The standard InChI is InChI=1S/C15H23Br2ClO/c1-12(2)9(16)7-11-14(4,19-11)15(12)6-5-13(3,18)10(17)8-15/h9-11H,5-8H2,1-4H3/t9?,10?,11?,13?,14?,15-/m0/s1. The molecule has 1 aliphatic heterocycles. The molecule has 1 heterocycles. The van der Waals surface area contributed by atoms with Crippen LogP contribution in [0.5, 0.6) is 0 Å². The van der Waals surface area contributed by atoms with E-state index in [4.69, 9.17) is 16.3 Å². The molecule has 0 radical (unpaired) electrons. The molecule has 5 unspecified atom stereocenters. The van der Waals surface area contributed by atoms with Crippen molar-refractivity contribution in [3.8, 4) is 0 Å². The van der Waals surface area contributed by atoms with E-state index in [-0.39, 0.29) is 21.3 Å². The van der Waals surface area contributed by atoms with Crippen LogP contribution < -0.4 is 0 Å². The Balaban J connectivity index is 2.01. The number of hydrogen-bond donors (Lipinski definition) is 0. The Morgan fingerprint density at radius 1 is 1.05 bits per heavy atom. The number of ether oxygens (including phenoxy) is 1. The van der Waals surface area contributed by atoms with Crippen LogP contribution in [0, 0.1) is 10.8 Å². The molecule has 3 rings (SSSR count). The van der Waals surface area contributed by atoms with E-state index in [0.717, 1.165) is 25.7 Å². The summed E-state index contributed by atoms with van der Waals surface area (Å²) in [7, 11) is 0. The fourth-order valence-electron chi connectivity index (χ4n) is 4.65. The van der Waals surface area contributed by atoms with Crippen LogP contribution in [0.1, 0.15) is 53.4 Å². The van der Waals surface area contributed by atoms with E-state index in [0.29, 0.717) is 15.8 Å². The van der Waals surface area contributed by atoms with Crippen molar-refractivity contribution in [2.24, 2.45) is 10.8 Å². The zero-order valence-electron chi connectivity index (χ0n) is 12.1. The summed E-state index contributed by atoms with van der Waals surface area (Å²) in [6, 6.07) is 0. The van der Waals surface area contributed by atoms with Gasteiger partial charge in [-0.05, 0) is 44.9 Å². The number of rotatable bonds is 0. The predicted molar refractivity (Wildman–Crippen MR) is 87.6 cm³/mol. The third-order valence-electron chi connectivity index (χ3n) is 6.55. The molecule has 1 spiro atoms. The first-order chi connectivity index (χ1) is 8.57. The third kappa shape index (κ3) is 1.80. The Morgan fingerprint density at radius 2 is 1.68 bits per heavy atom. The van der Waals surface area contributed by atoms with Gasteiger partial charge in [-0.15, -0.1) is 11.6 Å². The normalized spacial score (nSPS) is 59.8. The van der Waals surface area contributed by atoms with E-state index < -0.39 is 0 Å². The van der Waals surface area contributed by atoms with E-state index in [1.807, 2.05) is 0 Å². The lowest BCUT2D eigenvalue weighted by Crippen LogP contribution is -2.61. The van der Waals surface area contributed by atoms with Gasteiger partial charge < -0.3 is 4.74 Å². The zero-order chi connectivity index (χ0) is 14.3. The SMILES string of the molecule is CC1(Cl)CC[C@]2(CC1Br)C(C)(C)C(Br)CC1OC12C. The summed E-state index contributed by atoms with van der Waals surface area (Å²) in [4.78, 5) is 0.760. The molecular formula is C15H23Br2ClO. The Morgan fingerprint density at radius 3 is 2.26 bits per heavy atom. The molecule has 0 aromatic carbocycles. The summed E-state index contributed by atoms with van der Waals surface area (Å²) in [6.45, 7) is 9.31. The minimum absolute atomic E-state index is 0.0557. The molecule has 0 N–H and O–H groups in total. The quantitative estimate of drug-likeness (QED) is 0.389. The second-order valence-electron chi connectivity index (χ2n) is 7.67. The van der Waals surface area contributed by atoms with Crippen LogP contribution in [-0.2, 0) is 4.74 Å². The van der Waals surface area contributed by atoms with Gasteiger partial charge in [-0.25, -0.2) is 0 Å². The van der Waals surface area contributed by atoms with Crippen LogP contribution in [0.3, 0.4) is 0 Å². The smallest absolute Gasteiger partial charge is 0.0982 e. The molecule has 6 atom stereocenters.